The van der Waals surface area contributed by atoms with E-state index in [1.54, 1.807) is 0 Å². The number of benzene rings is 1. The largest absolute Gasteiger partial charge is 0.384 e. The van der Waals surface area contributed by atoms with Crippen LogP contribution in [-0.2, 0) is 6.54 Å². The van der Waals surface area contributed by atoms with Gasteiger partial charge in [-0.2, -0.15) is 0 Å². The van der Waals surface area contributed by atoms with E-state index in [0.29, 0.717) is 5.56 Å². The Balaban J connectivity index is 2.15. The molecule has 0 aliphatic heterocycles. The number of carbonyl (C=O) groups excluding carboxylic acids is 1. The first-order valence-corrected chi connectivity index (χ1v) is 5.90. The van der Waals surface area contributed by atoms with Crippen LogP contribution >= 0.6 is 0 Å². The van der Waals surface area contributed by atoms with Gasteiger partial charge in [-0.15, -0.1) is 0 Å². The molecule has 1 aromatic carbocycles. The molecular formula is C13H11FN4O3. The second-order valence-electron chi connectivity index (χ2n) is 4.19. The van der Waals surface area contributed by atoms with Gasteiger partial charge in [-0.1, -0.05) is 12.1 Å². The molecule has 0 bridgehead atoms. The molecule has 0 fully saturated rings. The average molecular weight is 290 g/mol. The van der Waals surface area contributed by atoms with E-state index in [4.69, 9.17) is 5.73 Å². The van der Waals surface area contributed by atoms with Crippen LogP contribution < -0.4 is 11.1 Å². The molecule has 1 aromatic heterocycles. The number of nitrogens with two attached hydrogens (primary N) is 1. The fourth-order valence-electron chi connectivity index (χ4n) is 1.67. The highest BCUT2D eigenvalue weighted by molar-refractivity contribution is 5.98. The minimum atomic E-state index is -0.709. The molecule has 0 saturated heterocycles. The van der Waals surface area contributed by atoms with Gasteiger partial charge in [-0.3, -0.25) is 14.9 Å². The van der Waals surface area contributed by atoms with Gasteiger partial charge in [0.25, 0.3) is 11.6 Å². The van der Waals surface area contributed by atoms with Crippen LogP contribution in [0.1, 0.15) is 15.9 Å². The van der Waals surface area contributed by atoms with Crippen molar-refractivity contribution >= 4 is 17.4 Å². The van der Waals surface area contributed by atoms with Gasteiger partial charge < -0.3 is 11.1 Å². The quantitative estimate of drug-likeness (QED) is 0.656. The SMILES string of the molecule is Nc1cc(C(=O)NCc2ccc(F)cc2)c([N+](=O)[O-])cn1. The fraction of sp³-hybridized carbons (Fsp3) is 0.0769. The molecule has 1 heterocycles. The molecule has 0 spiro atoms. The Bertz CT molecular complexity index is 688. The maximum absolute atomic E-state index is 12.8. The molecular weight excluding hydrogens is 279 g/mol. The van der Waals surface area contributed by atoms with Crippen molar-refractivity contribution in [2.75, 3.05) is 5.73 Å². The number of hydrogen-bond acceptors (Lipinski definition) is 5. The second kappa shape index (κ2) is 5.95. The summed E-state index contributed by atoms with van der Waals surface area (Å²) in [5.41, 5.74) is 5.49. The lowest BCUT2D eigenvalue weighted by atomic mass is 10.2. The molecule has 2 aromatic rings. The maximum atomic E-state index is 12.8. The number of nitrogen functional groups attached to an aromatic ring is 1. The molecule has 0 aliphatic carbocycles. The molecule has 0 radical (unpaired) electrons. The van der Waals surface area contributed by atoms with E-state index < -0.39 is 16.5 Å². The van der Waals surface area contributed by atoms with Gasteiger partial charge in [-0.05, 0) is 23.8 Å². The van der Waals surface area contributed by atoms with Crippen LogP contribution in [0.25, 0.3) is 0 Å². The Hall–Kier alpha value is -3.03. The molecule has 0 aliphatic rings. The third-order valence-corrected chi connectivity index (χ3v) is 2.71. The van der Waals surface area contributed by atoms with Gasteiger partial charge in [-0.25, -0.2) is 9.37 Å². The zero-order valence-electron chi connectivity index (χ0n) is 10.7. The summed E-state index contributed by atoms with van der Waals surface area (Å²) >= 11 is 0. The van der Waals surface area contributed by atoms with Crippen molar-refractivity contribution in [3.05, 3.63) is 63.6 Å². The number of nitrogens with one attached hydrogen (secondary N) is 1. The summed E-state index contributed by atoms with van der Waals surface area (Å²) in [4.78, 5) is 25.7. The van der Waals surface area contributed by atoms with E-state index in [1.165, 1.54) is 24.3 Å². The predicted octanol–water partition coefficient (Wildman–Crippen LogP) is 1.64. The standard InChI is InChI=1S/C13H11FN4O3/c14-9-3-1-8(2-4-9)6-17-13(19)10-5-12(15)16-7-11(10)18(20)21/h1-5,7H,6H2,(H2,15,16)(H,17,19). The number of pyridine rings is 1. The van der Waals surface area contributed by atoms with E-state index in [9.17, 15) is 19.3 Å². The van der Waals surface area contributed by atoms with E-state index in [2.05, 4.69) is 10.3 Å². The molecule has 0 unspecified atom stereocenters. The van der Waals surface area contributed by atoms with E-state index in [1.807, 2.05) is 0 Å². The van der Waals surface area contributed by atoms with Gasteiger partial charge >= 0.3 is 0 Å². The van der Waals surface area contributed by atoms with E-state index in [0.717, 1.165) is 12.3 Å². The molecule has 21 heavy (non-hydrogen) atoms. The van der Waals surface area contributed by atoms with Crippen LogP contribution in [0.5, 0.6) is 0 Å². The fourth-order valence-corrected chi connectivity index (χ4v) is 1.67. The minimum absolute atomic E-state index is 0.00697. The van der Waals surface area contributed by atoms with Gasteiger partial charge in [0.2, 0.25) is 0 Å². The van der Waals surface area contributed by atoms with Crippen molar-refractivity contribution < 1.29 is 14.1 Å². The van der Waals surface area contributed by atoms with Crippen LogP contribution in [0.4, 0.5) is 15.9 Å². The number of nitro groups is 1. The topological polar surface area (TPSA) is 111 Å². The molecule has 0 atom stereocenters. The Labute approximate surface area is 118 Å². The lowest BCUT2D eigenvalue weighted by Crippen LogP contribution is -2.24. The maximum Gasteiger partial charge on any atom is 0.300 e. The first-order chi connectivity index (χ1) is 9.97. The van der Waals surface area contributed by atoms with E-state index >= 15 is 0 Å². The van der Waals surface area contributed by atoms with Crippen LogP contribution in [0.15, 0.2) is 36.5 Å². The van der Waals surface area contributed by atoms with Gasteiger partial charge in [0.15, 0.2) is 0 Å². The smallest absolute Gasteiger partial charge is 0.300 e. The first kappa shape index (κ1) is 14.4. The van der Waals surface area contributed by atoms with Gasteiger partial charge in [0.1, 0.15) is 23.4 Å². The highest BCUT2D eigenvalue weighted by atomic mass is 19.1. The van der Waals surface area contributed by atoms with E-state index in [-0.39, 0.29) is 23.7 Å². The Morgan fingerprint density at radius 1 is 1.38 bits per heavy atom. The van der Waals surface area contributed by atoms with Crippen LogP contribution in [-0.4, -0.2) is 15.8 Å². The third-order valence-electron chi connectivity index (χ3n) is 2.71. The average Bonchev–Trinajstić information content (AvgIpc) is 2.46. The van der Waals surface area contributed by atoms with Crippen molar-refractivity contribution in [3.63, 3.8) is 0 Å². The zero-order chi connectivity index (χ0) is 15.4. The van der Waals surface area contributed by atoms with Crippen LogP contribution in [0, 0.1) is 15.9 Å². The normalized spacial score (nSPS) is 10.1. The third kappa shape index (κ3) is 3.50. The lowest BCUT2D eigenvalue weighted by Gasteiger charge is -2.06. The number of aromatic nitrogens is 1. The number of rotatable bonds is 4. The highest BCUT2D eigenvalue weighted by Crippen LogP contribution is 2.19. The predicted molar refractivity (Wildman–Crippen MR) is 72.9 cm³/mol. The van der Waals surface area contributed by atoms with Crippen LogP contribution in [0.2, 0.25) is 0 Å². The minimum Gasteiger partial charge on any atom is -0.384 e. The lowest BCUT2D eigenvalue weighted by molar-refractivity contribution is -0.385. The summed E-state index contributed by atoms with van der Waals surface area (Å²) in [5, 5.41) is 13.4. The summed E-state index contributed by atoms with van der Waals surface area (Å²) in [6.45, 7) is 0.110. The van der Waals surface area contributed by atoms with Crippen molar-refractivity contribution in [2.24, 2.45) is 0 Å². The summed E-state index contributed by atoms with van der Waals surface area (Å²) in [6, 6.07) is 6.66. The van der Waals surface area contributed by atoms with Crippen molar-refractivity contribution in [3.8, 4) is 0 Å². The Kier molecular flexibility index (Phi) is 4.07. The molecule has 1 amide bonds. The summed E-state index contributed by atoms with van der Waals surface area (Å²) < 4.78 is 12.8. The number of amides is 1. The monoisotopic (exact) mass is 290 g/mol. The van der Waals surface area contributed by atoms with Crippen molar-refractivity contribution in [1.82, 2.24) is 10.3 Å². The van der Waals surface area contributed by atoms with Crippen molar-refractivity contribution in [1.29, 1.82) is 0 Å². The number of halogens is 1. The summed E-state index contributed by atoms with van der Waals surface area (Å²) in [5.74, 6) is -1.03. The van der Waals surface area contributed by atoms with Crippen LogP contribution in [0.3, 0.4) is 0 Å². The zero-order valence-corrected chi connectivity index (χ0v) is 10.7. The molecule has 108 valence electrons. The molecule has 3 N–H and O–H groups in total. The molecule has 7 nitrogen and oxygen atoms in total. The number of anilines is 1. The molecule has 2 rings (SSSR count). The first-order valence-electron chi connectivity index (χ1n) is 5.90. The van der Waals surface area contributed by atoms with Crippen molar-refractivity contribution in [2.45, 2.75) is 6.54 Å². The molecule has 8 heteroatoms. The van der Waals surface area contributed by atoms with Gasteiger partial charge in [0, 0.05) is 6.54 Å². The van der Waals surface area contributed by atoms with Gasteiger partial charge in [0.05, 0.1) is 4.92 Å². The number of nitrogens with zero attached hydrogens (tertiary/aromatic N) is 2. The Morgan fingerprint density at radius 3 is 2.67 bits per heavy atom. The highest BCUT2D eigenvalue weighted by Gasteiger charge is 2.20. The number of hydrogen-bond donors (Lipinski definition) is 2. The molecule has 0 saturated carbocycles. The number of carbonyl (C=O) groups is 1. The second-order valence-corrected chi connectivity index (χ2v) is 4.19. The summed E-state index contributed by atoms with van der Waals surface area (Å²) in [7, 11) is 0. The summed E-state index contributed by atoms with van der Waals surface area (Å²) in [6.07, 6.45) is 0.933. The Morgan fingerprint density at radius 2 is 2.05 bits per heavy atom.